The Morgan fingerprint density at radius 1 is 1.27 bits per heavy atom. The molecule has 120 valence electrons. The van der Waals surface area contributed by atoms with E-state index in [-0.39, 0.29) is 18.0 Å². The van der Waals surface area contributed by atoms with Crippen LogP contribution in [-0.4, -0.2) is 45.2 Å². The van der Waals surface area contributed by atoms with Crippen molar-refractivity contribution in [3.63, 3.8) is 0 Å². The molecule has 7 heteroatoms. The normalized spacial score (nSPS) is 25.4. The third-order valence-corrected chi connectivity index (χ3v) is 4.61. The minimum Gasteiger partial charge on any atom is -0.480 e. The second-order valence-electron chi connectivity index (χ2n) is 6.15. The van der Waals surface area contributed by atoms with Crippen LogP contribution in [-0.2, 0) is 16.1 Å². The molecule has 0 aromatic carbocycles. The maximum Gasteiger partial charge on any atom is 0.320 e. The van der Waals surface area contributed by atoms with Crippen molar-refractivity contribution in [2.24, 2.45) is 0 Å². The Bertz CT molecular complexity index is 574. The summed E-state index contributed by atoms with van der Waals surface area (Å²) in [4.78, 5) is 25.7. The fourth-order valence-corrected chi connectivity index (χ4v) is 3.28. The van der Waals surface area contributed by atoms with Crippen LogP contribution in [0, 0.1) is 13.8 Å². The molecule has 3 rings (SSSR count). The Kier molecular flexibility index (Phi) is 3.90. The number of carboxylic acids is 1. The Balaban J connectivity index is 1.65. The predicted octanol–water partition coefficient (Wildman–Crippen LogP) is 0.988. The van der Waals surface area contributed by atoms with Gasteiger partial charge in [-0.2, -0.15) is 0 Å². The van der Waals surface area contributed by atoms with Crippen LogP contribution in [0.15, 0.2) is 4.52 Å². The summed E-state index contributed by atoms with van der Waals surface area (Å²) in [5, 5.41) is 16.1. The van der Waals surface area contributed by atoms with Gasteiger partial charge in [-0.05, 0) is 39.5 Å². The second-order valence-corrected chi connectivity index (χ2v) is 6.15. The number of rotatable bonds is 5. The molecule has 2 unspecified atom stereocenters. The molecule has 0 bridgehead atoms. The summed E-state index contributed by atoms with van der Waals surface area (Å²) in [7, 11) is 0. The van der Waals surface area contributed by atoms with E-state index in [2.05, 4.69) is 10.5 Å². The van der Waals surface area contributed by atoms with Crippen LogP contribution in [0.4, 0.5) is 0 Å². The summed E-state index contributed by atoms with van der Waals surface area (Å²) in [6, 6.07) is -0.616. The summed E-state index contributed by atoms with van der Waals surface area (Å²) in [6.45, 7) is 4.02. The number of aryl methyl sites for hydroxylation is 2. The van der Waals surface area contributed by atoms with Crippen LogP contribution in [0.3, 0.4) is 0 Å². The zero-order valence-electron chi connectivity index (χ0n) is 12.8. The van der Waals surface area contributed by atoms with Gasteiger partial charge in [-0.25, -0.2) is 0 Å². The molecule has 1 saturated carbocycles. The van der Waals surface area contributed by atoms with Gasteiger partial charge in [0.1, 0.15) is 11.8 Å². The monoisotopic (exact) mass is 307 g/mol. The molecule has 1 aliphatic heterocycles. The van der Waals surface area contributed by atoms with Crippen LogP contribution in [0.5, 0.6) is 0 Å². The van der Waals surface area contributed by atoms with E-state index in [0.717, 1.165) is 24.1 Å². The molecule has 2 N–H and O–H groups in total. The zero-order chi connectivity index (χ0) is 15.9. The van der Waals surface area contributed by atoms with E-state index in [1.165, 1.54) is 0 Å². The van der Waals surface area contributed by atoms with Crippen LogP contribution in [0.1, 0.15) is 42.7 Å². The molecule has 2 heterocycles. The quantitative estimate of drug-likeness (QED) is 0.842. The summed E-state index contributed by atoms with van der Waals surface area (Å²) < 4.78 is 5.08. The topological polar surface area (TPSA) is 95.7 Å². The van der Waals surface area contributed by atoms with E-state index >= 15 is 0 Å². The van der Waals surface area contributed by atoms with Crippen LogP contribution >= 0.6 is 0 Å². The van der Waals surface area contributed by atoms with Crippen LogP contribution < -0.4 is 5.32 Å². The Hall–Kier alpha value is -1.89. The average Bonchev–Trinajstić information content (AvgIpc) is 3.13. The molecule has 1 saturated heterocycles. The summed E-state index contributed by atoms with van der Waals surface area (Å²) in [6.07, 6.45) is 3.10. The van der Waals surface area contributed by atoms with Crippen molar-refractivity contribution in [1.82, 2.24) is 15.4 Å². The number of nitrogens with one attached hydrogen (secondary N) is 1. The SMILES string of the molecule is Cc1noc(C)c1CNC(=O)C1CCC(C(=O)O)N1C1CC1. The number of nitrogens with zero attached hydrogens (tertiary/aromatic N) is 2. The van der Waals surface area contributed by atoms with Crippen LogP contribution in [0.25, 0.3) is 0 Å². The van der Waals surface area contributed by atoms with Gasteiger partial charge in [0.05, 0.1) is 11.7 Å². The number of aromatic nitrogens is 1. The van der Waals surface area contributed by atoms with E-state index in [9.17, 15) is 14.7 Å². The molecule has 0 radical (unpaired) electrons. The molecule has 7 nitrogen and oxygen atoms in total. The molecule has 2 fully saturated rings. The van der Waals surface area contributed by atoms with E-state index in [1.54, 1.807) is 0 Å². The van der Waals surface area contributed by atoms with Crippen molar-refractivity contribution in [3.05, 3.63) is 17.0 Å². The van der Waals surface area contributed by atoms with Gasteiger partial charge in [-0.15, -0.1) is 0 Å². The standard InChI is InChI=1S/C15H21N3O4/c1-8-11(9(2)22-17-8)7-16-14(19)12-5-6-13(15(20)21)18(12)10-3-4-10/h10,12-13H,3-7H2,1-2H3,(H,16,19)(H,20,21). The van der Waals surface area contributed by atoms with E-state index in [0.29, 0.717) is 25.1 Å². The van der Waals surface area contributed by atoms with Gasteiger partial charge in [0.15, 0.2) is 0 Å². The second kappa shape index (κ2) is 5.72. The first kappa shape index (κ1) is 15.0. The summed E-state index contributed by atoms with van der Waals surface area (Å²) in [5.74, 6) is -0.227. The van der Waals surface area contributed by atoms with Crippen molar-refractivity contribution in [1.29, 1.82) is 0 Å². The first-order valence-electron chi connectivity index (χ1n) is 7.68. The highest BCUT2D eigenvalue weighted by atomic mass is 16.5. The number of amides is 1. The lowest BCUT2D eigenvalue weighted by Gasteiger charge is -2.27. The number of aliphatic carboxylic acids is 1. The molecule has 1 aliphatic carbocycles. The maximum atomic E-state index is 12.5. The number of carbonyl (C=O) groups is 2. The van der Waals surface area contributed by atoms with Crippen molar-refractivity contribution >= 4 is 11.9 Å². The molecular weight excluding hydrogens is 286 g/mol. The van der Waals surface area contributed by atoms with Gasteiger partial charge in [0, 0.05) is 18.2 Å². The van der Waals surface area contributed by atoms with Gasteiger partial charge in [-0.1, -0.05) is 5.16 Å². The van der Waals surface area contributed by atoms with E-state index in [1.807, 2.05) is 18.7 Å². The minimum atomic E-state index is -0.826. The fourth-order valence-electron chi connectivity index (χ4n) is 3.28. The van der Waals surface area contributed by atoms with Crippen molar-refractivity contribution in [2.45, 2.75) is 64.2 Å². The van der Waals surface area contributed by atoms with Gasteiger partial charge >= 0.3 is 5.97 Å². The molecule has 22 heavy (non-hydrogen) atoms. The average molecular weight is 307 g/mol. The third-order valence-electron chi connectivity index (χ3n) is 4.61. The van der Waals surface area contributed by atoms with Gasteiger partial charge in [-0.3, -0.25) is 14.5 Å². The highest BCUT2D eigenvalue weighted by Gasteiger charge is 2.48. The van der Waals surface area contributed by atoms with Crippen LogP contribution in [0.2, 0.25) is 0 Å². The largest absolute Gasteiger partial charge is 0.480 e. The number of likely N-dealkylation sites (tertiary alicyclic amines) is 1. The lowest BCUT2D eigenvalue weighted by molar-refractivity contribution is -0.143. The lowest BCUT2D eigenvalue weighted by Crippen LogP contribution is -2.49. The van der Waals surface area contributed by atoms with Gasteiger partial charge < -0.3 is 14.9 Å². The molecule has 1 aromatic heterocycles. The molecule has 2 aliphatic rings. The smallest absolute Gasteiger partial charge is 0.320 e. The molecule has 1 amide bonds. The summed E-state index contributed by atoms with van der Waals surface area (Å²) >= 11 is 0. The van der Waals surface area contributed by atoms with E-state index < -0.39 is 12.0 Å². The number of hydrogen-bond donors (Lipinski definition) is 2. The number of carboxylic acid groups (broad SMARTS) is 1. The Morgan fingerprint density at radius 2 is 1.95 bits per heavy atom. The molecule has 2 atom stereocenters. The highest BCUT2D eigenvalue weighted by molar-refractivity contribution is 5.84. The van der Waals surface area contributed by atoms with Crippen molar-refractivity contribution in [2.75, 3.05) is 0 Å². The maximum absolute atomic E-state index is 12.5. The predicted molar refractivity (Wildman–Crippen MR) is 77.1 cm³/mol. The van der Waals surface area contributed by atoms with Crippen molar-refractivity contribution in [3.8, 4) is 0 Å². The van der Waals surface area contributed by atoms with Gasteiger partial charge in [0.2, 0.25) is 5.91 Å². The number of carbonyl (C=O) groups excluding carboxylic acids is 1. The first-order valence-corrected chi connectivity index (χ1v) is 7.68. The Labute approximate surface area is 128 Å². The molecular formula is C15H21N3O4. The highest BCUT2D eigenvalue weighted by Crippen LogP contribution is 2.37. The van der Waals surface area contributed by atoms with E-state index in [4.69, 9.17) is 4.52 Å². The zero-order valence-corrected chi connectivity index (χ0v) is 12.8. The minimum absolute atomic E-state index is 0.101. The summed E-state index contributed by atoms with van der Waals surface area (Å²) in [5.41, 5.74) is 1.66. The molecule has 0 spiro atoms. The number of hydrogen-bond acceptors (Lipinski definition) is 5. The Morgan fingerprint density at radius 3 is 2.50 bits per heavy atom. The molecule has 1 aromatic rings. The lowest BCUT2D eigenvalue weighted by atomic mass is 10.1. The fraction of sp³-hybridized carbons (Fsp3) is 0.667. The van der Waals surface area contributed by atoms with Gasteiger partial charge in [0.25, 0.3) is 0 Å². The van der Waals surface area contributed by atoms with Crippen molar-refractivity contribution < 1.29 is 19.2 Å². The third kappa shape index (κ3) is 2.72. The first-order chi connectivity index (χ1) is 10.5.